The number of nitrogens with zero attached hydrogens (tertiary/aromatic N) is 1. The van der Waals surface area contributed by atoms with Gasteiger partial charge in [-0.3, -0.25) is 14.4 Å². The summed E-state index contributed by atoms with van der Waals surface area (Å²) < 4.78 is 5.80. The molecule has 1 aliphatic rings. The van der Waals surface area contributed by atoms with Crippen molar-refractivity contribution in [3.05, 3.63) is 108 Å². The molecular formula is C25H17NO4. The van der Waals surface area contributed by atoms with Crippen LogP contribution in [0.1, 0.15) is 15.9 Å². The molecule has 4 rings (SSSR count). The van der Waals surface area contributed by atoms with Gasteiger partial charge in [-0.2, -0.15) is 0 Å². The van der Waals surface area contributed by atoms with E-state index in [1.54, 1.807) is 60.7 Å². The Kier molecular flexibility index (Phi) is 5.35. The minimum atomic E-state index is -0.358. The molecule has 0 aliphatic carbocycles. The minimum absolute atomic E-state index is 0.0545. The summed E-state index contributed by atoms with van der Waals surface area (Å²) in [5.41, 5.74) is 2.01. The van der Waals surface area contributed by atoms with E-state index < -0.39 is 0 Å². The second-order valence-electron chi connectivity index (χ2n) is 6.57. The van der Waals surface area contributed by atoms with Crippen molar-refractivity contribution in [2.45, 2.75) is 0 Å². The molecule has 0 fully saturated rings. The van der Waals surface area contributed by atoms with Crippen molar-refractivity contribution in [3.63, 3.8) is 0 Å². The predicted octanol–water partition coefficient (Wildman–Crippen LogP) is 4.80. The number of carbonyl (C=O) groups is 3. The molecule has 1 aliphatic heterocycles. The molecule has 30 heavy (non-hydrogen) atoms. The first-order chi connectivity index (χ1) is 14.6. The fourth-order valence-corrected chi connectivity index (χ4v) is 2.97. The molecule has 0 spiro atoms. The highest BCUT2D eigenvalue weighted by atomic mass is 16.5. The van der Waals surface area contributed by atoms with Gasteiger partial charge in [-0.15, -0.1) is 0 Å². The number of carbonyl (C=O) groups excluding carboxylic acids is 3. The fourth-order valence-electron chi connectivity index (χ4n) is 2.97. The quantitative estimate of drug-likeness (QED) is 0.342. The van der Waals surface area contributed by atoms with Crippen LogP contribution >= 0.6 is 0 Å². The van der Waals surface area contributed by atoms with Crippen LogP contribution in [0.15, 0.2) is 97.1 Å². The lowest BCUT2D eigenvalue weighted by molar-refractivity contribution is -0.119. The topological polar surface area (TPSA) is 63.7 Å². The molecule has 0 unspecified atom stereocenters. The standard InChI is InChI=1S/C25H17NO4/c27-23(19-4-2-1-3-5-19)15-8-18-6-11-21(12-7-18)30-22-13-9-20(10-14-22)26-24(28)16-17-25(26)29/h1-17H. The molecule has 0 radical (unpaired) electrons. The van der Waals surface area contributed by atoms with Gasteiger partial charge in [0.25, 0.3) is 11.8 Å². The molecule has 0 saturated carbocycles. The number of ketones is 1. The summed E-state index contributed by atoms with van der Waals surface area (Å²) in [7, 11) is 0. The molecular weight excluding hydrogens is 378 g/mol. The second kappa shape index (κ2) is 8.41. The number of amides is 2. The lowest BCUT2D eigenvalue weighted by atomic mass is 10.1. The maximum Gasteiger partial charge on any atom is 0.258 e. The van der Waals surface area contributed by atoms with Crippen molar-refractivity contribution < 1.29 is 19.1 Å². The van der Waals surface area contributed by atoms with E-state index in [1.165, 1.54) is 12.2 Å². The summed E-state index contributed by atoms with van der Waals surface area (Å²) in [5.74, 6) is 0.435. The summed E-state index contributed by atoms with van der Waals surface area (Å²) in [4.78, 5) is 36.7. The zero-order chi connectivity index (χ0) is 20.9. The van der Waals surface area contributed by atoms with Crippen LogP contribution in [0.2, 0.25) is 0 Å². The number of hydrogen-bond donors (Lipinski definition) is 0. The maximum atomic E-state index is 12.1. The van der Waals surface area contributed by atoms with Crippen molar-refractivity contribution in [2.24, 2.45) is 0 Å². The predicted molar refractivity (Wildman–Crippen MR) is 114 cm³/mol. The zero-order valence-electron chi connectivity index (χ0n) is 15.9. The van der Waals surface area contributed by atoms with Gasteiger partial charge in [0.05, 0.1) is 5.69 Å². The van der Waals surface area contributed by atoms with Gasteiger partial charge in [0.2, 0.25) is 0 Å². The van der Waals surface area contributed by atoms with E-state index in [-0.39, 0.29) is 17.6 Å². The highest BCUT2D eigenvalue weighted by Gasteiger charge is 2.24. The van der Waals surface area contributed by atoms with Gasteiger partial charge in [0, 0.05) is 17.7 Å². The van der Waals surface area contributed by atoms with Crippen LogP contribution < -0.4 is 9.64 Å². The van der Waals surface area contributed by atoms with Gasteiger partial charge in [0.1, 0.15) is 11.5 Å². The summed E-state index contributed by atoms with van der Waals surface area (Å²) in [6.45, 7) is 0. The number of anilines is 1. The highest BCUT2D eigenvalue weighted by molar-refractivity contribution is 6.28. The number of hydrogen-bond acceptors (Lipinski definition) is 4. The molecule has 0 N–H and O–H groups in total. The van der Waals surface area contributed by atoms with E-state index in [9.17, 15) is 14.4 Å². The van der Waals surface area contributed by atoms with Crippen molar-refractivity contribution in [3.8, 4) is 11.5 Å². The Morgan fingerprint density at radius 2 is 1.30 bits per heavy atom. The number of ether oxygens (including phenoxy) is 1. The van der Waals surface area contributed by atoms with Crippen molar-refractivity contribution in [2.75, 3.05) is 4.90 Å². The molecule has 5 heteroatoms. The Hall–Kier alpha value is -4.25. The lowest BCUT2D eigenvalue weighted by Gasteiger charge is -2.14. The van der Waals surface area contributed by atoms with Crippen LogP contribution in [-0.4, -0.2) is 17.6 Å². The van der Waals surface area contributed by atoms with Gasteiger partial charge in [-0.25, -0.2) is 4.90 Å². The first-order valence-electron chi connectivity index (χ1n) is 9.32. The van der Waals surface area contributed by atoms with Crippen molar-refractivity contribution in [1.29, 1.82) is 0 Å². The largest absolute Gasteiger partial charge is 0.457 e. The van der Waals surface area contributed by atoms with E-state index >= 15 is 0 Å². The monoisotopic (exact) mass is 395 g/mol. The van der Waals surface area contributed by atoms with Gasteiger partial charge < -0.3 is 4.74 Å². The Labute approximate surface area is 173 Å². The summed E-state index contributed by atoms with van der Waals surface area (Å²) >= 11 is 0. The molecule has 1 heterocycles. The maximum absolute atomic E-state index is 12.1. The first kappa shape index (κ1) is 19.1. The molecule has 0 atom stereocenters. The third-order valence-corrected chi connectivity index (χ3v) is 4.51. The molecule has 3 aromatic rings. The average Bonchev–Trinajstić information content (AvgIpc) is 3.12. The molecule has 0 aromatic heterocycles. The third-order valence-electron chi connectivity index (χ3n) is 4.51. The van der Waals surface area contributed by atoms with Crippen LogP contribution in [0.5, 0.6) is 11.5 Å². The van der Waals surface area contributed by atoms with Crippen LogP contribution in [0, 0.1) is 0 Å². The van der Waals surface area contributed by atoms with Crippen molar-refractivity contribution >= 4 is 29.4 Å². The van der Waals surface area contributed by atoms with Gasteiger partial charge in [-0.1, -0.05) is 48.5 Å². The molecule has 0 bridgehead atoms. The average molecular weight is 395 g/mol. The van der Waals surface area contributed by atoms with Gasteiger partial charge in [0.15, 0.2) is 5.78 Å². The van der Waals surface area contributed by atoms with E-state index in [2.05, 4.69) is 0 Å². The molecule has 0 saturated heterocycles. The van der Waals surface area contributed by atoms with Crippen LogP contribution in [-0.2, 0) is 9.59 Å². The Bertz CT molecular complexity index is 1130. The van der Waals surface area contributed by atoms with Gasteiger partial charge >= 0.3 is 0 Å². The van der Waals surface area contributed by atoms with Gasteiger partial charge in [-0.05, 0) is 48.0 Å². The number of rotatable bonds is 6. The minimum Gasteiger partial charge on any atom is -0.457 e. The molecule has 2 amide bonds. The Morgan fingerprint density at radius 1 is 0.733 bits per heavy atom. The smallest absolute Gasteiger partial charge is 0.258 e. The normalized spacial score (nSPS) is 13.3. The zero-order valence-corrected chi connectivity index (χ0v) is 15.9. The third kappa shape index (κ3) is 4.25. The fraction of sp³-hybridized carbons (Fsp3) is 0. The summed E-state index contributed by atoms with van der Waals surface area (Å²) in [5, 5.41) is 0. The second-order valence-corrected chi connectivity index (χ2v) is 6.57. The number of benzene rings is 3. The SMILES string of the molecule is O=C(C=Cc1ccc(Oc2ccc(N3C(=O)C=CC3=O)cc2)cc1)c1ccccc1. The Morgan fingerprint density at radius 3 is 1.90 bits per heavy atom. The Balaban J connectivity index is 1.39. The molecule has 3 aromatic carbocycles. The van der Waals surface area contributed by atoms with Crippen LogP contribution in [0.4, 0.5) is 5.69 Å². The molecule has 5 nitrogen and oxygen atoms in total. The summed E-state index contributed by atoms with van der Waals surface area (Å²) in [6.07, 6.45) is 5.79. The van der Waals surface area contributed by atoms with E-state index in [1.807, 2.05) is 30.3 Å². The number of allylic oxidation sites excluding steroid dienone is 1. The first-order valence-corrected chi connectivity index (χ1v) is 9.32. The van der Waals surface area contributed by atoms with Crippen molar-refractivity contribution in [1.82, 2.24) is 0 Å². The summed E-state index contributed by atoms with van der Waals surface area (Å²) in [6, 6.07) is 23.1. The van der Waals surface area contributed by atoms with E-state index in [0.717, 1.165) is 10.5 Å². The van der Waals surface area contributed by atoms with Crippen LogP contribution in [0.25, 0.3) is 6.08 Å². The number of imide groups is 1. The van der Waals surface area contributed by atoms with E-state index in [0.29, 0.717) is 22.7 Å². The van der Waals surface area contributed by atoms with E-state index in [4.69, 9.17) is 4.74 Å². The highest BCUT2D eigenvalue weighted by Crippen LogP contribution is 2.26. The lowest BCUT2D eigenvalue weighted by Crippen LogP contribution is -2.29. The molecule has 146 valence electrons. The van der Waals surface area contributed by atoms with Crippen LogP contribution in [0.3, 0.4) is 0 Å².